The fourth-order valence-electron chi connectivity index (χ4n) is 2.70. The van der Waals surface area contributed by atoms with Gasteiger partial charge in [-0.1, -0.05) is 0 Å². The number of H-pyrrole nitrogens is 1. The molecule has 0 aliphatic carbocycles. The zero-order valence-corrected chi connectivity index (χ0v) is 14.6. The largest absolute Gasteiger partial charge is 0.396 e. The Morgan fingerprint density at radius 2 is 1.81 bits per heavy atom. The molecule has 2 unspecified atom stereocenters. The summed E-state index contributed by atoms with van der Waals surface area (Å²) in [5.41, 5.74) is 2.92. The number of aromatic amines is 1. The second-order valence-corrected chi connectivity index (χ2v) is 6.98. The molecule has 1 aromatic carbocycles. The number of nitrogens with one attached hydrogen (secondary N) is 1. The van der Waals surface area contributed by atoms with Gasteiger partial charge in [-0.05, 0) is 42.8 Å². The van der Waals surface area contributed by atoms with E-state index in [-0.39, 0.29) is 25.3 Å². The maximum atomic E-state index is 13.3. The Balaban J connectivity index is 2.03. The lowest BCUT2D eigenvalue weighted by Crippen LogP contribution is -2.19. The number of imidazole rings is 1. The van der Waals surface area contributed by atoms with Crippen LogP contribution >= 0.6 is 0 Å². The molecule has 0 fully saturated rings. The molecule has 0 saturated heterocycles. The summed E-state index contributed by atoms with van der Waals surface area (Å²) in [5.74, 6) is 0.186. The third-order valence-electron chi connectivity index (χ3n) is 4.00. The quantitative estimate of drug-likeness (QED) is 0.552. The van der Waals surface area contributed by atoms with Gasteiger partial charge in [-0.3, -0.25) is 4.98 Å². The van der Waals surface area contributed by atoms with Gasteiger partial charge in [0, 0.05) is 36.5 Å². The third-order valence-corrected chi connectivity index (χ3v) is 4.97. The molecule has 2 atom stereocenters. The van der Waals surface area contributed by atoms with Crippen LogP contribution in [0.15, 0.2) is 48.8 Å². The van der Waals surface area contributed by atoms with Crippen molar-refractivity contribution in [1.29, 1.82) is 0 Å². The Hall–Kier alpha value is -2.42. The SMILES string of the molecule is O=S(O)C(CCO)Cc1nc(-c2ccc(F)cc2)c(-c2ccncc2)[nH]1. The van der Waals surface area contributed by atoms with Gasteiger partial charge in [0.1, 0.15) is 11.6 Å². The lowest BCUT2D eigenvalue weighted by molar-refractivity contribution is 0.284. The van der Waals surface area contributed by atoms with E-state index in [0.717, 1.165) is 16.8 Å². The van der Waals surface area contributed by atoms with Gasteiger partial charge >= 0.3 is 0 Å². The Kier molecular flexibility index (Phi) is 5.87. The highest BCUT2D eigenvalue weighted by Gasteiger charge is 2.20. The zero-order valence-electron chi connectivity index (χ0n) is 13.8. The van der Waals surface area contributed by atoms with Crippen LogP contribution in [0, 0.1) is 5.82 Å². The first-order chi connectivity index (χ1) is 12.6. The summed E-state index contributed by atoms with van der Waals surface area (Å²) in [6.07, 6.45) is 3.71. The van der Waals surface area contributed by atoms with Crippen molar-refractivity contribution in [3.63, 3.8) is 0 Å². The van der Waals surface area contributed by atoms with Crippen LogP contribution in [0.4, 0.5) is 4.39 Å². The minimum absolute atomic E-state index is 0.181. The Morgan fingerprint density at radius 3 is 2.42 bits per heavy atom. The molecular weight excluding hydrogens is 357 g/mol. The average molecular weight is 375 g/mol. The molecule has 2 aromatic heterocycles. The van der Waals surface area contributed by atoms with Crippen LogP contribution in [0.5, 0.6) is 0 Å². The molecule has 0 aliphatic rings. The molecule has 0 amide bonds. The second kappa shape index (κ2) is 8.31. The minimum Gasteiger partial charge on any atom is -0.396 e. The highest BCUT2D eigenvalue weighted by atomic mass is 32.2. The molecule has 0 bridgehead atoms. The van der Waals surface area contributed by atoms with E-state index in [1.807, 2.05) is 12.1 Å². The monoisotopic (exact) mass is 375 g/mol. The minimum atomic E-state index is -2.07. The average Bonchev–Trinajstić information content (AvgIpc) is 3.06. The number of aliphatic hydroxyl groups excluding tert-OH is 1. The molecule has 0 aliphatic heterocycles. The summed E-state index contributed by atoms with van der Waals surface area (Å²) < 4.78 is 34.1. The van der Waals surface area contributed by atoms with Crippen molar-refractivity contribution in [3.8, 4) is 22.5 Å². The van der Waals surface area contributed by atoms with Crippen LogP contribution in [-0.4, -0.2) is 40.7 Å². The molecular formula is C18H18FN3O3S. The zero-order chi connectivity index (χ0) is 18.5. The van der Waals surface area contributed by atoms with E-state index < -0.39 is 16.3 Å². The van der Waals surface area contributed by atoms with Crippen molar-refractivity contribution in [1.82, 2.24) is 15.0 Å². The van der Waals surface area contributed by atoms with Gasteiger partial charge in [-0.15, -0.1) is 0 Å². The van der Waals surface area contributed by atoms with Gasteiger partial charge < -0.3 is 14.6 Å². The summed E-state index contributed by atoms with van der Waals surface area (Å²) >= 11 is -2.07. The van der Waals surface area contributed by atoms with Crippen molar-refractivity contribution < 1.29 is 18.3 Å². The van der Waals surface area contributed by atoms with Crippen LogP contribution in [0.3, 0.4) is 0 Å². The van der Waals surface area contributed by atoms with Gasteiger partial charge in [-0.25, -0.2) is 13.6 Å². The van der Waals surface area contributed by atoms with Crippen LogP contribution < -0.4 is 0 Å². The van der Waals surface area contributed by atoms with Crippen molar-refractivity contribution in [2.45, 2.75) is 18.1 Å². The summed E-state index contributed by atoms with van der Waals surface area (Å²) in [6, 6.07) is 9.62. The van der Waals surface area contributed by atoms with Crippen molar-refractivity contribution in [2.24, 2.45) is 0 Å². The van der Waals surface area contributed by atoms with Crippen LogP contribution in [0.2, 0.25) is 0 Å². The number of nitrogens with zero attached hydrogens (tertiary/aromatic N) is 2. The second-order valence-electron chi connectivity index (χ2n) is 5.76. The van der Waals surface area contributed by atoms with Crippen molar-refractivity contribution in [2.75, 3.05) is 6.61 Å². The molecule has 26 heavy (non-hydrogen) atoms. The van der Waals surface area contributed by atoms with E-state index in [1.54, 1.807) is 24.5 Å². The molecule has 0 saturated carbocycles. The standard InChI is InChI=1S/C18H18FN3O3S/c19-14-3-1-12(2-4-14)17-18(13-5-8-20-9-6-13)22-16(21-17)11-15(7-10-23)26(24)25/h1-6,8-9,15,23H,7,10-11H2,(H,21,22)(H,24,25). The first kappa shape index (κ1) is 18.4. The number of rotatable bonds is 7. The predicted molar refractivity (Wildman–Crippen MR) is 97.2 cm³/mol. The molecule has 136 valence electrons. The Labute approximate surface area is 152 Å². The number of benzene rings is 1. The molecule has 6 nitrogen and oxygen atoms in total. The van der Waals surface area contributed by atoms with E-state index >= 15 is 0 Å². The fourth-order valence-corrected chi connectivity index (χ4v) is 3.30. The van der Waals surface area contributed by atoms with Crippen LogP contribution in [-0.2, 0) is 17.5 Å². The Bertz CT molecular complexity index is 884. The highest BCUT2D eigenvalue weighted by Crippen LogP contribution is 2.30. The van der Waals surface area contributed by atoms with Crippen LogP contribution in [0.25, 0.3) is 22.5 Å². The van der Waals surface area contributed by atoms with Crippen LogP contribution in [0.1, 0.15) is 12.2 Å². The molecule has 0 radical (unpaired) electrons. The van der Waals surface area contributed by atoms with Gasteiger partial charge in [0.15, 0.2) is 11.1 Å². The summed E-state index contributed by atoms with van der Waals surface area (Å²) in [4.78, 5) is 11.8. The van der Waals surface area contributed by atoms with Gasteiger partial charge in [0.05, 0.1) is 16.6 Å². The number of hydrogen-bond acceptors (Lipinski definition) is 4. The maximum absolute atomic E-state index is 13.3. The lowest BCUT2D eigenvalue weighted by atomic mass is 10.1. The Morgan fingerprint density at radius 1 is 1.12 bits per heavy atom. The van der Waals surface area contributed by atoms with Gasteiger partial charge in [-0.2, -0.15) is 0 Å². The molecule has 0 spiro atoms. The lowest BCUT2D eigenvalue weighted by Gasteiger charge is -2.09. The van der Waals surface area contributed by atoms with Crippen molar-refractivity contribution >= 4 is 11.1 Å². The predicted octanol–water partition coefficient (Wildman–Crippen LogP) is 2.79. The number of aromatic nitrogens is 3. The van der Waals surface area contributed by atoms with Gasteiger partial charge in [0.25, 0.3) is 0 Å². The number of halogens is 1. The first-order valence-corrected chi connectivity index (χ1v) is 9.21. The normalized spacial score (nSPS) is 13.5. The summed E-state index contributed by atoms with van der Waals surface area (Å²) in [7, 11) is 0. The van der Waals surface area contributed by atoms with E-state index in [0.29, 0.717) is 11.5 Å². The number of hydrogen-bond donors (Lipinski definition) is 3. The highest BCUT2D eigenvalue weighted by molar-refractivity contribution is 7.79. The molecule has 8 heteroatoms. The molecule has 3 aromatic rings. The van der Waals surface area contributed by atoms with E-state index in [1.165, 1.54) is 12.1 Å². The van der Waals surface area contributed by atoms with Crippen molar-refractivity contribution in [3.05, 3.63) is 60.4 Å². The maximum Gasteiger partial charge on any atom is 0.156 e. The van der Waals surface area contributed by atoms with Gasteiger partial charge in [0.2, 0.25) is 0 Å². The summed E-state index contributed by atoms with van der Waals surface area (Å²) in [6.45, 7) is -0.181. The third kappa shape index (κ3) is 4.21. The first-order valence-electron chi connectivity index (χ1n) is 8.04. The van der Waals surface area contributed by atoms with E-state index in [2.05, 4.69) is 15.0 Å². The molecule has 2 heterocycles. The smallest absolute Gasteiger partial charge is 0.156 e. The summed E-state index contributed by atoms with van der Waals surface area (Å²) in [5, 5.41) is 8.46. The van der Waals surface area contributed by atoms with E-state index in [9.17, 15) is 13.2 Å². The fraction of sp³-hybridized carbons (Fsp3) is 0.222. The number of aliphatic hydroxyl groups is 1. The molecule has 3 N–H and O–H groups in total. The molecule has 3 rings (SSSR count). The topological polar surface area (TPSA) is 99.1 Å². The van der Waals surface area contributed by atoms with E-state index in [4.69, 9.17) is 5.11 Å². The number of pyridine rings is 1.